The van der Waals surface area contributed by atoms with Crippen molar-refractivity contribution in [2.75, 3.05) is 26.4 Å². The second-order valence-corrected chi connectivity index (χ2v) is 7.34. The van der Waals surface area contributed by atoms with Gasteiger partial charge in [0.05, 0.1) is 25.2 Å². The topological polar surface area (TPSA) is 76.7 Å². The molecule has 2 amide bonds. The molecule has 1 aromatic carbocycles. The molecule has 7 heteroatoms. The number of benzene rings is 1. The van der Waals surface area contributed by atoms with E-state index in [1.54, 1.807) is 0 Å². The lowest BCUT2D eigenvalue weighted by Gasteiger charge is -2.18. The number of amides is 2. The van der Waals surface area contributed by atoms with Gasteiger partial charge in [0, 0.05) is 31.2 Å². The van der Waals surface area contributed by atoms with Crippen molar-refractivity contribution in [3.05, 3.63) is 34.3 Å². The fraction of sp³-hybridized carbons (Fsp3) is 0.579. The first kappa shape index (κ1) is 20.9. The molecule has 1 aliphatic rings. The molecule has 2 atom stereocenters. The predicted octanol–water partition coefficient (Wildman–Crippen LogP) is 2.72. The van der Waals surface area contributed by atoms with Crippen LogP contribution in [0.2, 0.25) is 0 Å². The van der Waals surface area contributed by atoms with Crippen molar-refractivity contribution in [2.24, 2.45) is 0 Å². The molecule has 0 spiro atoms. The van der Waals surface area contributed by atoms with Crippen LogP contribution in [-0.2, 0) is 19.1 Å². The second-order valence-electron chi connectivity index (χ2n) is 6.42. The minimum absolute atomic E-state index is 0.0919. The largest absolute Gasteiger partial charge is 0.379 e. The minimum Gasteiger partial charge on any atom is -0.379 e. The first-order chi connectivity index (χ1) is 12.5. The summed E-state index contributed by atoms with van der Waals surface area (Å²) in [5.41, 5.74) is 0.901. The zero-order valence-corrected chi connectivity index (χ0v) is 16.7. The summed E-state index contributed by atoms with van der Waals surface area (Å²) in [7, 11) is 0. The Morgan fingerprint density at radius 1 is 1.35 bits per heavy atom. The van der Waals surface area contributed by atoms with Crippen LogP contribution >= 0.6 is 15.9 Å². The van der Waals surface area contributed by atoms with Gasteiger partial charge in [-0.2, -0.15) is 0 Å². The average Bonchev–Trinajstić information content (AvgIpc) is 3.11. The van der Waals surface area contributed by atoms with Gasteiger partial charge in [0.1, 0.15) is 0 Å². The molecule has 2 N–H and O–H groups in total. The van der Waals surface area contributed by atoms with Crippen LogP contribution in [0.25, 0.3) is 0 Å². The van der Waals surface area contributed by atoms with Gasteiger partial charge < -0.3 is 20.1 Å². The molecule has 144 valence electrons. The molecule has 0 aliphatic carbocycles. The van der Waals surface area contributed by atoms with Gasteiger partial charge in [0.25, 0.3) is 0 Å². The number of ether oxygens (including phenoxy) is 2. The maximum Gasteiger partial charge on any atom is 0.222 e. The van der Waals surface area contributed by atoms with E-state index in [0.29, 0.717) is 19.8 Å². The Morgan fingerprint density at radius 2 is 2.12 bits per heavy atom. The predicted molar refractivity (Wildman–Crippen MR) is 103 cm³/mol. The molecule has 1 heterocycles. The summed E-state index contributed by atoms with van der Waals surface area (Å²) < 4.78 is 12.0. The van der Waals surface area contributed by atoms with Gasteiger partial charge in [-0.05, 0) is 37.0 Å². The molecule has 0 bridgehead atoms. The lowest BCUT2D eigenvalue weighted by Crippen LogP contribution is -2.33. The standard InChI is InChI=1S/C19H27BrN2O4/c1-14(23)22-18(15-5-7-16(20)8-6-15)12-19(24)21-9-3-10-25-13-17-4-2-11-26-17/h5-8,17-18H,2-4,9-13H2,1H3,(H,21,24)(H,22,23). The van der Waals surface area contributed by atoms with Crippen LogP contribution in [0.1, 0.15) is 44.2 Å². The van der Waals surface area contributed by atoms with Gasteiger partial charge in [-0.1, -0.05) is 28.1 Å². The van der Waals surface area contributed by atoms with Gasteiger partial charge in [0.15, 0.2) is 0 Å². The molecule has 26 heavy (non-hydrogen) atoms. The van der Waals surface area contributed by atoms with E-state index in [2.05, 4.69) is 26.6 Å². The number of hydrogen-bond acceptors (Lipinski definition) is 4. The van der Waals surface area contributed by atoms with Crippen molar-refractivity contribution < 1.29 is 19.1 Å². The van der Waals surface area contributed by atoms with E-state index < -0.39 is 0 Å². The maximum atomic E-state index is 12.2. The highest BCUT2D eigenvalue weighted by atomic mass is 79.9. The van der Waals surface area contributed by atoms with Crippen LogP contribution in [0.4, 0.5) is 0 Å². The van der Waals surface area contributed by atoms with Crippen molar-refractivity contribution in [3.8, 4) is 0 Å². The van der Waals surface area contributed by atoms with Gasteiger partial charge in [-0.15, -0.1) is 0 Å². The van der Waals surface area contributed by atoms with Gasteiger partial charge in [-0.3, -0.25) is 9.59 Å². The number of rotatable bonds is 10. The van der Waals surface area contributed by atoms with Crippen molar-refractivity contribution in [3.63, 3.8) is 0 Å². The summed E-state index contributed by atoms with van der Waals surface area (Å²) in [6.07, 6.45) is 3.36. The Hall–Kier alpha value is -1.44. The first-order valence-corrected chi connectivity index (χ1v) is 9.82. The monoisotopic (exact) mass is 426 g/mol. The molecule has 2 unspecified atom stereocenters. The molecule has 0 radical (unpaired) electrons. The molecule has 1 fully saturated rings. The normalized spacial score (nSPS) is 17.7. The number of carbonyl (C=O) groups is 2. The summed E-state index contributed by atoms with van der Waals surface area (Å²) in [6, 6.07) is 7.26. The number of halogens is 1. The van der Waals surface area contributed by atoms with Crippen molar-refractivity contribution in [1.29, 1.82) is 0 Å². The van der Waals surface area contributed by atoms with Crippen molar-refractivity contribution in [1.82, 2.24) is 10.6 Å². The third-order valence-electron chi connectivity index (χ3n) is 4.15. The zero-order chi connectivity index (χ0) is 18.8. The summed E-state index contributed by atoms with van der Waals surface area (Å²) in [4.78, 5) is 23.6. The average molecular weight is 427 g/mol. The van der Waals surface area contributed by atoms with E-state index in [-0.39, 0.29) is 30.4 Å². The lowest BCUT2D eigenvalue weighted by atomic mass is 10.0. The van der Waals surface area contributed by atoms with Crippen LogP contribution in [0.5, 0.6) is 0 Å². The van der Waals surface area contributed by atoms with Crippen LogP contribution in [0.3, 0.4) is 0 Å². The molecular formula is C19H27BrN2O4. The third-order valence-corrected chi connectivity index (χ3v) is 4.68. The van der Waals surface area contributed by atoms with Crippen LogP contribution < -0.4 is 10.6 Å². The molecule has 0 aromatic heterocycles. The van der Waals surface area contributed by atoms with Crippen LogP contribution in [-0.4, -0.2) is 44.3 Å². The molecule has 1 saturated heterocycles. The highest BCUT2D eigenvalue weighted by Crippen LogP contribution is 2.19. The molecule has 0 saturated carbocycles. The first-order valence-electron chi connectivity index (χ1n) is 9.03. The number of hydrogen-bond donors (Lipinski definition) is 2. The van der Waals surface area contributed by atoms with E-state index in [0.717, 1.165) is 35.9 Å². The number of nitrogens with one attached hydrogen (secondary N) is 2. The van der Waals surface area contributed by atoms with Gasteiger partial charge in [-0.25, -0.2) is 0 Å². The smallest absolute Gasteiger partial charge is 0.222 e. The maximum absolute atomic E-state index is 12.2. The van der Waals surface area contributed by atoms with Gasteiger partial charge >= 0.3 is 0 Å². The quantitative estimate of drug-likeness (QED) is 0.563. The Morgan fingerprint density at radius 3 is 2.77 bits per heavy atom. The van der Waals surface area contributed by atoms with Gasteiger partial charge in [0.2, 0.25) is 11.8 Å². The summed E-state index contributed by atoms with van der Waals surface area (Å²) in [5, 5.41) is 5.72. The summed E-state index contributed by atoms with van der Waals surface area (Å²) in [6.45, 7) is 4.06. The fourth-order valence-corrected chi connectivity index (χ4v) is 3.11. The second kappa shape index (κ2) is 11.3. The SMILES string of the molecule is CC(=O)NC(CC(=O)NCCCOCC1CCCO1)c1ccc(Br)cc1. The Kier molecular flexibility index (Phi) is 9.08. The summed E-state index contributed by atoms with van der Waals surface area (Å²) >= 11 is 3.39. The molecular weight excluding hydrogens is 400 g/mol. The highest BCUT2D eigenvalue weighted by Gasteiger charge is 2.17. The summed E-state index contributed by atoms with van der Waals surface area (Å²) in [5.74, 6) is -0.251. The minimum atomic E-state index is -0.337. The fourth-order valence-electron chi connectivity index (χ4n) is 2.84. The van der Waals surface area contributed by atoms with E-state index in [1.165, 1.54) is 6.92 Å². The van der Waals surface area contributed by atoms with Crippen molar-refractivity contribution >= 4 is 27.7 Å². The Bertz CT molecular complexity index is 573. The molecule has 6 nitrogen and oxygen atoms in total. The molecule has 1 aromatic rings. The van der Waals surface area contributed by atoms with E-state index in [1.807, 2.05) is 24.3 Å². The van der Waals surface area contributed by atoms with E-state index in [4.69, 9.17) is 9.47 Å². The zero-order valence-electron chi connectivity index (χ0n) is 15.1. The van der Waals surface area contributed by atoms with Crippen LogP contribution in [0, 0.1) is 0 Å². The van der Waals surface area contributed by atoms with Crippen molar-refractivity contribution in [2.45, 2.75) is 44.8 Å². The number of carbonyl (C=O) groups excluding carboxylic acids is 2. The molecule has 1 aliphatic heterocycles. The third kappa shape index (κ3) is 7.85. The van der Waals surface area contributed by atoms with E-state index >= 15 is 0 Å². The van der Waals surface area contributed by atoms with Crippen LogP contribution in [0.15, 0.2) is 28.7 Å². The van der Waals surface area contributed by atoms with E-state index in [9.17, 15) is 9.59 Å². The lowest BCUT2D eigenvalue weighted by molar-refractivity contribution is -0.122. The Labute approximate surface area is 163 Å². The Balaban J connectivity index is 1.67. The molecule has 2 rings (SSSR count). The highest BCUT2D eigenvalue weighted by molar-refractivity contribution is 9.10.